The second kappa shape index (κ2) is 6.74. The molecule has 2 N–H and O–H groups in total. The van der Waals surface area contributed by atoms with Gasteiger partial charge in [0.2, 0.25) is 5.91 Å². The van der Waals surface area contributed by atoms with Crippen molar-refractivity contribution < 1.29 is 19.4 Å². The Morgan fingerprint density at radius 2 is 1.60 bits per heavy atom. The van der Waals surface area contributed by atoms with Gasteiger partial charge in [0.1, 0.15) is 5.69 Å². The van der Waals surface area contributed by atoms with Crippen molar-refractivity contribution in [2.45, 2.75) is 6.92 Å². The van der Waals surface area contributed by atoms with E-state index in [2.05, 4.69) is 0 Å². The van der Waals surface area contributed by atoms with Crippen LogP contribution in [-0.2, 0) is 4.79 Å². The van der Waals surface area contributed by atoms with Gasteiger partial charge in [0, 0.05) is 30.7 Å². The number of hydrogen-bond acceptors (Lipinski definition) is 7. The SMILES string of the molecule is CC(=O)N(C(=O)c1ccc([N+](=O)[O-])cc1)c1ccc([N+](=O)[O-])c(N)c1. The van der Waals surface area contributed by atoms with E-state index in [4.69, 9.17) is 5.73 Å². The minimum atomic E-state index is -0.740. The lowest BCUT2D eigenvalue weighted by molar-refractivity contribution is -0.384. The first-order chi connectivity index (χ1) is 11.7. The zero-order valence-corrected chi connectivity index (χ0v) is 12.9. The van der Waals surface area contributed by atoms with E-state index in [9.17, 15) is 29.8 Å². The summed E-state index contributed by atoms with van der Waals surface area (Å²) in [5.74, 6) is -1.38. The summed E-state index contributed by atoms with van der Waals surface area (Å²) in [5, 5.41) is 21.5. The highest BCUT2D eigenvalue weighted by atomic mass is 16.6. The third kappa shape index (κ3) is 3.58. The summed E-state index contributed by atoms with van der Waals surface area (Å²) in [7, 11) is 0. The van der Waals surface area contributed by atoms with E-state index in [1.807, 2.05) is 0 Å². The molecule has 0 saturated carbocycles. The van der Waals surface area contributed by atoms with Crippen molar-refractivity contribution >= 4 is 34.6 Å². The fourth-order valence-corrected chi connectivity index (χ4v) is 2.14. The number of carbonyl (C=O) groups excluding carboxylic acids is 2. The number of nitro benzene ring substituents is 2. The number of nitrogen functional groups attached to an aromatic ring is 1. The normalized spacial score (nSPS) is 10.1. The summed E-state index contributed by atoms with van der Waals surface area (Å²) in [6.45, 7) is 1.14. The second-order valence-electron chi connectivity index (χ2n) is 4.96. The lowest BCUT2D eigenvalue weighted by Crippen LogP contribution is -2.35. The molecule has 0 fully saturated rings. The van der Waals surface area contributed by atoms with Crippen LogP contribution in [0.4, 0.5) is 22.7 Å². The minimum Gasteiger partial charge on any atom is -0.393 e. The number of hydrogen-bond donors (Lipinski definition) is 1. The Hall–Kier alpha value is -3.82. The van der Waals surface area contributed by atoms with Crippen molar-refractivity contribution in [2.24, 2.45) is 0 Å². The van der Waals surface area contributed by atoms with Crippen molar-refractivity contribution in [3.63, 3.8) is 0 Å². The summed E-state index contributed by atoms with van der Waals surface area (Å²) < 4.78 is 0. The fraction of sp³-hybridized carbons (Fsp3) is 0.0667. The first-order valence-corrected chi connectivity index (χ1v) is 6.85. The monoisotopic (exact) mass is 344 g/mol. The van der Waals surface area contributed by atoms with E-state index in [-0.39, 0.29) is 28.3 Å². The van der Waals surface area contributed by atoms with Gasteiger partial charge in [-0.2, -0.15) is 0 Å². The summed E-state index contributed by atoms with van der Waals surface area (Å²) in [5.41, 5.74) is 4.92. The van der Waals surface area contributed by atoms with Gasteiger partial charge in [-0.15, -0.1) is 0 Å². The van der Waals surface area contributed by atoms with Crippen molar-refractivity contribution in [3.8, 4) is 0 Å². The number of amides is 2. The molecular weight excluding hydrogens is 332 g/mol. The standard InChI is InChI=1S/C15H12N4O6/c1-9(20)17(12-6-7-14(19(24)25)13(16)8-12)15(21)10-2-4-11(5-3-10)18(22)23/h2-8H,16H2,1H3. The van der Waals surface area contributed by atoms with Gasteiger partial charge in [-0.25, -0.2) is 4.90 Å². The molecule has 128 valence electrons. The topological polar surface area (TPSA) is 150 Å². The number of nitro groups is 2. The van der Waals surface area contributed by atoms with E-state index in [1.165, 1.54) is 18.2 Å². The summed E-state index contributed by atoms with van der Waals surface area (Å²) in [6.07, 6.45) is 0. The third-order valence-corrected chi connectivity index (χ3v) is 3.31. The molecule has 0 bridgehead atoms. The molecule has 0 saturated heterocycles. The molecule has 0 aliphatic heterocycles. The molecule has 0 aliphatic rings. The first kappa shape index (κ1) is 17.5. The number of anilines is 2. The maximum absolute atomic E-state index is 12.6. The van der Waals surface area contributed by atoms with Gasteiger partial charge in [-0.3, -0.25) is 29.8 Å². The summed E-state index contributed by atoms with van der Waals surface area (Å²) >= 11 is 0. The fourth-order valence-electron chi connectivity index (χ4n) is 2.14. The van der Waals surface area contributed by atoms with E-state index in [0.29, 0.717) is 0 Å². The lowest BCUT2D eigenvalue weighted by atomic mass is 10.1. The Kier molecular flexibility index (Phi) is 4.73. The highest BCUT2D eigenvalue weighted by Gasteiger charge is 2.24. The van der Waals surface area contributed by atoms with Crippen LogP contribution in [0.15, 0.2) is 42.5 Å². The van der Waals surface area contributed by atoms with Gasteiger partial charge < -0.3 is 5.73 Å². The number of rotatable bonds is 4. The zero-order valence-electron chi connectivity index (χ0n) is 12.9. The zero-order chi connectivity index (χ0) is 18.7. The quantitative estimate of drug-likeness (QED) is 0.507. The molecule has 0 aromatic heterocycles. The van der Waals surface area contributed by atoms with Crippen LogP contribution < -0.4 is 10.6 Å². The number of non-ortho nitro benzene ring substituents is 1. The van der Waals surface area contributed by atoms with Crippen LogP contribution in [0, 0.1) is 20.2 Å². The highest BCUT2D eigenvalue weighted by Crippen LogP contribution is 2.28. The minimum absolute atomic E-state index is 0.0396. The molecule has 10 nitrogen and oxygen atoms in total. The van der Waals surface area contributed by atoms with E-state index in [1.54, 1.807) is 0 Å². The Balaban J connectivity index is 2.42. The smallest absolute Gasteiger partial charge is 0.292 e. The van der Waals surface area contributed by atoms with Crippen LogP contribution in [0.1, 0.15) is 17.3 Å². The number of carbonyl (C=O) groups is 2. The molecular formula is C15H12N4O6. The van der Waals surface area contributed by atoms with Gasteiger partial charge in [-0.1, -0.05) is 0 Å². The third-order valence-electron chi connectivity index (χ3n) is 3.31. The van der Waals surface area contributed by atoms with Crippen LogP contribution in [-0.4, -0.2) is 21.7 Å². The predicted molar refractivity (Wildman–Crippen MR) is 88.1 cm³/mol. The lowest BCUT2D eigenvalue weighted by Gasteiger charge is -2.19. The largest absolute Gasteiger partial charge is 0.393 e. The molecule has 0 atom stereocenters. The molecule has 0 heterocycles. The average molecular weight is 344 g/mol. The number of nitrogens with zero attached hydrogens (tertiary/aromatic N) is 3. The van der Waals surface area contributed by atoms with Crippen LogP contribution in [0.3, 0.4) is 0 Å². The maximum atomic E-state index is 12.6. The van der Waals surface area contributed by atoms with Crippen molar-refractivity contribution in [1.29, 1.82) is 0 Å². The number of benzene rings is 2. The number of nitrogens with two attached hydrogens (primary N) is 1. The van der Waals surface area contributed by atoms with Gasteiger partial charge in [0.05, 0.1) is 15.5 Å². The molecule has 2 aromatic rings. The van der Waals surface area contributed by atoms with Gasteiger partial charge in [0.15, 0.2) is 0 Å². The molecule has 0 aliphatic carbocycles. The Bertz CT molecular complexity index is 878. The average Bonchev–Trinajstić information content (AvgIpc) is 2.54. The van der Waals surface area contributed by atoms with Crippen molar-refractivity contribution in [1.82, 2.24) is 0 Å². The molecule has 10 heteroatoms. The van der Waals surface area contributed by atoms with Crippen molar-refractivity contribution in [2.75, 3.05) is 10.6 Å². The molecule has 0 spiro atoms. The molecule has 0 unspecified atom stereocenters. The summed E-state index contributed by atoms with van der Waals surface area (Å²) in [4.78, 5) is 45.4. The molecule has 25 heavy (non-hydrogen) atoms. The van der Waals surface area contributed by atoms with Crippen LogP contribution in [0.25, 0.3) is 0 Å². The Morgan fingerprint density at radius 3 is 2.04 bits per heavy atom. The van der Waals surface area contributed by atoms with Gasteiger partial charge >= 0.3 is 0 Å². The van der Waals surface area contributed by atoms with E-state index < -0.39 is 21.7 Å². The molecule has 2 rings (SSSR count). The van der Waals surface area contributed by atoms with Gasteiger partial charge in [0.25, 0.3) is 17.3 Å². The molecule has 0 radical (unpaired) electrons. The van der Waals surface area contributed by atoms with E-state index >= 15 is 0 Å². The van der Waals surface area contributed by atoms with E-state index in [0.717, 1.165) is 36.1 Å². The predicted octanol–water partition coefficient (Wildman–Crippen LogP) is 2.28. The van der Waals surface area contributed by atoms with Gasteiger partial charge in [-0.05, 0) is 24.3 Å². The molecule has 2 amide bonds. The van der Waals surface area contributed by atoms with Crippen LogP contribution in [0.2, 0.25) is 0 Å². The Labute approximate surface area is 140 Å². The summed E-state index contributed by atoms with van der Waals surface area (Å²) in [6, 6.07) is 8.15. The van der Waals surface area contributed by atoms with Crippen LogP contribution in [0.5, 0.6) is 0 Å². The number of imide groups is 1. The first-order valence-electron chi connectivity index (χ1n) is 6.85. The second-order valence-corrected chi connectivity index (χ2v) is 4.96. The highest BCUT2D eigenvalue weighted by molar-refractivity contribution is 6.20. The molecule has 2 aromatic carbocycles. The van der Waals surface area contributed by atoms with Crippen LogP contribution >= 0.6 is 0 Å². The van der Waals surface area contributed by atoms with Crippen molar-refractivity contribution in [3.05, 3.63) is 68.3 Å². The Morgan fingerprint density at radius 1 is 1.00 bits per heavy atom. The maximum Gasteiger partial charge on any atom is 0.292 e.